The molecule has 1 rings (SSSR count). The van der Waals surface area contributed by atoms with Gasteiger partial charge in [0, 0.05) is 32.8 Å². The van der Waals surface area contributed by atoms with Gasteiger partial charge in [0.1, 0.15) is 0 Å². The Morgan fingerprint density at radius 3 is 2.59 bits per heavy atom. The van der Waals surface area contributed by atoms with Crippen molar-refractivity contribution in [2.75, 3.05) is 26.8 Å². The van der Waals surface area contributed by atoms with Crippen molar-refractivity contribution in [3.05, 3.63) is 0 Å². The van der Waals surface area contributed by atoms with E-state index in [1.165, 1.54) is 7.05 Å². The Morgan fingerprint density at radius 2 is 2.06 bits per heavy atom. The van der Waals surface area contributed by atoms with Crippen LogP contribution in [0.25, 0.3) is 0 Å². The second-order valence-corrected chi connectivity index (χ2v) is 5.78. The third-order valence-corrected chi connectivity index (χ3v) is 4.22. The SMILES string of the molecule is CN(CCC(=O)O)S(=O)(=O)NC1CCOCC1. The number of nitrogens with zero attached hydrogens (tertiary/aromatic N) is 1. The van der Waals surface area contributed by atoms with E-state index in [4.69, 9.17) is 9.84 Å². The summed E-state index contributed by atoms with van der Waals surface area (Å²) < 4.78 is 32.3. The van der Waals surface area contributed by atoms with Gasteiger partial charge in [-0.1, -0.05) is 0 Å². The lowest BCUT2D eigenvalue weighted by molar-refractivity contribution is -0.137. The van der Waals surface area contributed by atoms with Gasteiger partial charge < -0.3 is 9.84 Å². The highest BCUT2D eigenvalue weighted by Gasteiger charge is 2.24. The van der Waals surface area contributed by atoms with Gasteiger partial charge in [0.15, 0.2) is 0 Å². The van der Waals surface area contributed by atoms with E-state index >= 15 is 0 Å². The minimum atomic E-state index is -3.59. The Kier molecular flexibility index (Phi) is 5.31. The van der Waals surface area contributed by atoms with Crippen LogP contribution < -0.4 is 4.72 Å². The molecule has 0 amide bonds. The molecule has 0 aromatic rings. The molecule has 1 saturated heterocycles. The highest BCUT2D eigenvalue weighted by atomic mass is 32.2. The van der Waals surface area contributed by atoms with Crippen LogP contribution in [0.2, 0.25) is 0 Å². The first-order valence-electron chi connectivity index (χ1n) is 5.45. The van der Waals surface area contributed by atoms with Crippen molar-refractivity contribution in [2.24, 2.45) is 0 Å². The van der Waals surface area contributed by atoms with Gasteiger partial charge in [-0.15, -0.1) is 0 Å². The average Bonchev–Trinajstić information content (AvgIpc) is 2.26. The van der Waals surface area contributed by atoms with Crippen molar-refractivity contribution in [1.29, 1.82) is 0 Å². The lowest BCUT2D eigenvalue weighted by Gasteiger charge is -2.25. The minimum absolute atomic E-state index is 0.0338. The highest BCUT2D eigenvalue weighted by Crippen LogP contribution is 2.08. The quantitative estimate of drug-likeness (QED) is 0.669. The Morgan fingerprint density at radius 1 is 1.47 bits per heavy atom. The molecule has 0 aromatic carbocycles. The zero-order valence-electron chi connectivity index (χ0n) is 9.76. The van der Waals surface area contributed by atoms with E-state index in [-0.39, 0.29) is 19.0 Å². The molecule has 7 nitrogen and oxygen atoms in total. The molecule has 0 saturated carbocycles. The molecule has 1 aliphatic heterocycles. The summed E-state index contributed by atoms with van der Waals surface area (Å²) in [5, 5.41) is 8.49. The average molecular weight is 266 g/mol. The molecule has 0 aliphatic carbocycles. The summed E-state index contributed by atoms with van der Waals surface area (Å²) in [5.41, 5.74) is 0. The standard InChI is InChI=1S/C9H18N2O5S/c1-11(5-2-9(12)13)17(14,15)10-8-3-6-16-7-4-8/h8,10H,2-7H2,1H3,(H,12,13). The van der Waals surface area contributed by atoms with Crippen molar-refractivity contribution in [2.45, 2.75) is 25.3 Å². The second-order valence-electron chi connectivity index (χ2n) is 3.97. The predicted molar refractivity (Wildman–Crippen MR) is 60.8 cm³/mol. The van der Waals surface area contributed by atoms with Crippen molar-refractivity contribution in [1.82, 2.24) is 9.03 Å². The smallest absolute Gasteiger partial charge is 0.304 e. The van der Waals surface area contributed by atoms with E-state index in [9.17, 15) is 13.2 Å². The Hall–Kier alpha value is -0.700. The fourth-order valence-corrected chi connectivity index (χ4v) is 2.66. The molecule has 0 radical (unpaired) electrons. The van der Waals surface area contributed by atoms with Crippen LogP contribution in [0.1, 0.15) is 19.3 Å². The number of nitrogens with one attached hydrogen (secondary N) is 1. The molecule has 0 aromatic heterocycles. The Bertz CT molecular complexity index is 350. The van der Waals surface area contributed by atoms with Crippen LogP contribution in [0, 0.1) is 0 Å². The number of aliphatic carboxylic acids is 1. The first kappa shape index (κ1) is 14.4. The van der Waals surface area contributed by atoms with Crippen molar-refractivity contribution in [3.8, 4) is 0 Å². The largest absolute Gasteiger partial charge is 0.481 e. The number of carbonyl (C=O) groups is 1. The molecule has 0 atom stereocenters. The lowest BCUT2D eigenvalue weighted by atomic mass is 10.1. The molecule has 1 fully saturated rings. The molecule has 8 heteroatoms. The Labute approximate surface area is 101 Å². The number of rotatable bonds is 6. The van der Waals surface area contributed by atoms with Crippen LogP contribution in [0.3, 0.4) is 0 Å². The van der Waals surface area contributed by atoms with Crippen molar-refractivity contribution in [3.63, 3.8) is 0 Å². The summed E-state index contributed by atoms with van der Waals surface area (Å²) in [6.07, 6.45) is 1.09. The fraction of sp³-hybridized carbons (Fsp3) is 0.889. The molecule has 17 heavy (non-hydrogen) atoms. The molecule has 1 aliphatic rings. The van der Waals surface area contributed by atoms with E-state index in [1.807, 2.05) is 0 Å². The number of carboxylic acid groups (broad SMARTS) is 1. The van der Waals surface area contributed by atoms with E-state index in [1.54, 1.807) is 0 Å². The molecule has 0 bridgehead atoms. The van der Waals surface area contributed by atoms with Gasteiger partial charge in [0.05, 0.1) is 6.42 Å². The molecule has 0 spiro atoms. The second kappa shape index (κ2) is 6.29. The molecule has 100 valence electrons. The maximum Gasteiger partial charge on any atom is 0.304 e. The van der Waals surface area contributed by atoms with E-state index in [0.717, 1.165) is 4.31 Å². The van der Waals surface area contributed by atoms with Gasteiger partial charge in [0.2, 0.25) is 0 Å². The van der Waals surface area contributed by atoms with Crippen LogP contribution in [0.4, 0.5) is 0 Å². The van der Waals surface area contributed by atoms with E-state index in [2.05, 4.69) is 4.72 Å². The number of ether oxygens (including phenoxy) is 1. The van der Waals surface area contributed by atoms with Gasteiger partial charge in [-0.3, -0.25) is 4.79 Å². The summed E-state index contributed by atoms with van der Waals surface area (Å²) in [7, 11) is -2.23. The number of hydrogen-bond donors (Lipinski definition) is 2. The maximum atomic E-state index is 11.8. The number of hydrogen-bond acceptors (Lipinski definition) is 4. The zero-order chi connectivity index (χ0) is 12.9. The topological polar surface area (TPSA) is 95.9 Å². The van der Waals surface area contributed by atoms with Gasteiger partial charge >= 0.3 is 5.97 Å². The predicted octanol–water partition coefficient (Wildman–Crippen LogP) is -0.594. The summed E-state index contributed by atoms with van der Waals surface area (Å²) in [4.78, 5) is 10.4. The molecular formula is C9H18N2O5S. The molecule has 0 unspecified atom stereocenters. The maximum absolute atomic E-state index is 11.8. The summed E-state index contributed by atoms with van der Waals surface area (Å²) in [5.74, 6) is -1.02. The minimum Gasteiger partial charge on any atom is -0.481 e. The van der Waals surface area contributed by atoms with Crippen LogP contribution >= 0.6 is 0 Å². The molecular weight excluding hydrogens is 248 g/mol. The third kappa shape index (κ3) is 4.99. The van der Waals surface area contributed by atoms with Crippen molar-refractivity contribution >= 4 is 16.2 Å². The van der Waals surface area contributed by atoms with E-state index < -0.39 is 16.2 Å². The summed E-state index contributed by atoms with van der Waals surface area (Å²) in [6.45, 7) is 1.06. The fourth-order valence-electron chi connectivity index (χ4n) is 1.49. The van der Waals surface area contributed by atoms with Gasteiger partial charge in [-0.25, -0.2) is 0 Å². The van der Waals surface area contributed by atoms with Gasteiger partial charge in [0.25, 0.3) is 10.2 Å². The summed E-state index contributed by atoms with van der Waals surface area (Å²) in [6, 6.07) is -0.124. The Balaban J connectivity index is 2.45. The van der Waals surface area contributed by atoms with Crippen LogP contribution in [0.15, 0.2) is 0 Å². The highest BCUT2D eigenvalue weighted by molar-refractivity contribution is 7.87. The monoisotopic (exact) mass is 266 g/mol. The first-order valence-corrected chi connectivity index (χ1v) is 6.89. The third-order valence-electron chi connectivity index (χ3n) is 2.59. The van der Waals surface area contributed by atoms with Gasteiger partial charge in [-0.2, -0.15) is 17.4 Å². The number of carboxylic acids is 1. The van der Waals surface area contributed by atoms with Gasteiger partial charge in [-0.05, 0) is 12.8 Å². The lowest BCUT2D eigenvalue weighted by Crippen LogP contribution is -2.46. The first-order chi connectivity index (χ1) is 7.92. The molecule has 2 N–H and O–H groups in total. The van der Waals surface area contributed by atoms with Crippen LogP contribution in [-0.2, 0) is 19.7 Å². The van der Waals surface area contributed by atoms with Crippen molar-refractivity contribution < 1.29 is 23.1 Å². The summed E-state index contributed by atoms with van der Waals surface area (Å²) >= 11 is 0. The normalized spacial score (nSPS) is 18.5. The molecule has 1 heterocycles. The van der Waals surface area contributed by atoms with Crippen LogP contribution in [0.5, 0.6) is 0 Å². The zero-order valence-corrected chi connectivity index (χ0v) is 10.6. The van der Waals surface area contributed by atoms with E-state index in [0.29, 0.717) is 26.1 Å². The van der Waals surface area contributed by atoms with Crippen LogP contribution in [-0.4, -0.2) is 56.6 Å².